The third kappa shape index (κ3) is 6.48. The van der Waals surface area contributed by atoms with Crippen molar-refractivity contribution >= 4 is 34.9 Å². The molecule has 11 heteroatoms. The largest absolute Gasteiger partial charge is 0.482 e. The molecule has 0 radical (unpaired) electrons. The number of rotatable bonds is 9. The van der Waals surface area contributed by atoms with Gasteiger partial charge in [-0.05, 0) is 55.0 Å². The molecule has 0 aliphatic heterocycles. The van der Waals surface area contributed by atoms with Crippen molar-refractivity contribution in [2.75, 3.05) is 12.3 Å². The minimum absolute atomic E-state index is 0.111. The van der Waals surface area contributed by atoms with E-state index in [-0.39, 0.29) is 21.8 Å². The van der Waals surface area contributed by atoms with Crippen LogP contribution in [0, 0.1) is 5.82 Å². The van der Waals surface area contributed by atoms with E-state index in [0.717, 1.165) is 22.6 Å². The number of nitrogen functional groups attached to an aromatic ring is 1. The lowest BCUT2D eigenvalue weighted by molar-refractivity contribution is 0.0954. The highest BCUT2D eigenvalue weighted by molar-refractivity contribution is 6.36. The lowest BCUT2D eigenvalue weighted by Crippen LogP contribution is -2.25. The van der Waals surface area contributed by atoms with Gasteiger partial charge in [0.25, 0.3) is 5.91 Å². The quantitative estimate of drug-likeness (QED) is 0.165. The topological polar surface area (TPSA) is 119 Å². The highest BCUT2D eigenvalue weighted by atomic mass is 35.5. The molecule has 0 bridgehead atoms. The molecule has 5 rings (SSSR count). The second kappa shape index (κ2) is 12.4. The van der Waals surface area contributed by atoms with E-state index in [4.69, 9.17) is 33.7 Å². The molecule has 0 aliphatic rings. The summed E-state index contributed by atoms with van der Waals surface area (Å²) in [5.74, 6) is 0.428. The van der Waals surface area contributed by atoms with Gasteiger partial charge in [0.2, 0.25) is 0 Å². The zero-order chi connectivity index (χ0) is 28.9. The van der Waals surface area contributed by atoms with Crippen LogP contribution in [0.5, 0.6) is 5.75 Å². The van der Waals surface area contributed by atoms with Crippen molar-refractivity contribution < 1.29 is 13.9 Å². The van der Waals surface area contributed by atoms with Gasteiger partial charge in [-0.1, -0.05) is 35.3 Å². The van der Waals surface area contributed by atoms with Gasteiger partial charge in [-0.15, -0.1) is 0 Å². The molecule has 4 N–H and O–H groups in total. The van der Waals surface area contributed by atoms with Crippen LogP contribution in [-0.4, -0.2) is 32.4 Å². The molecule has 8 nitrogen and oxygen atoms in total. The number of hydrogen-bond donors (Lipinski definition) is 3. The predicted molar refractivity (Wildman–Crippen MR) is 157 cm³/mol. The molecule has 1 atom stereocenters. The maximum atomic E-state index is 14.0. The molecule has 41 heavy (non-hydrogen) atoms. The number of aromatic nitrogens is 4. The van der Waals surface area contributed by atoms with E-state index < -0.39 is 11.9 Å². The molecule has 3 aromatic heterocycles. The number of imidazole rings is 1. The summed E-state index contributed by atoms with van der Waals surface area (Å²) in [7, 11) is 0. The first-order valence-corrected chi connectivity index (χ1v) is 13.4. The number of H-pyrrole nitrogens is 1. The Hall–Kier alpha value is -4.47. The Bertz CT molecular complexity index is 1680. The Labute approximate surface area is 245 Å². The number of amides is 1. The molecule has 208 valence electrons. The summed E-state index contributed by atoms with van der Waals surface area (Å²) in [5.41, 5.74) is 10.3. The SMILES string of the molecule is CC(Oc1cc(-c2ccc(C(=O)NCCc3ncc(-c4ccncc4)[nH]3)cc2)cnc1N)c1c(Cl)ccc(F)c1Cl. The molecule has 1 amide bonds. The van der Waals surface area contributed by atoms with Crippen LogP contribution in [0.2, 0.25) is 10.0 Å². The van der Waals surface area contributed by atoms with Crippen molar-refractivity contribution in [2.24, 2.45) is 0 Å². The van der Waals surface area contributed by atoms with Crippen LogP contribution < -0.4 is 15.8 Å². The van der Waals surface area contributed by atoms with Gasteiger partial charge >= 0.3 is 0 Å². The van der Waals surface area contributed by atoms with Crippen LogP contribution in [0.4, 0.5) is 10.2 Å². The fourth-order valence-corrected chi connectivity index (χ4v) is 4.93. The first-order valence-electron chi connectivity index (χ1n) is 12.7. The second-order valence-corrected chi connectivity index (χ2v) is 9.97. The van der Waals surface area contributed by atoms with Crippen molar-refractivity contribution in [3.05, 3.63) is 112 Å². The molecule has 0 saturated heterocycles. The lowest BCUT2D eigenvalue weighted by Gasteiger charge is -2.19. The van der Waals surface area contributed by atoms with Crippen LogP contribution in [0.3, 0.4) is 0 Å². The van der Waals surface area contributed by atoms with Gasteiger partial charge in [-0.25, -0.2) is 14.4 Å². The van der Waals surface area contributed by atoms with Gasteiger partial charge < -0.3 is 20.8 Å². The van der Waals surface area contributed by atoms with Crippen molar-refractivity contribution in [1.29, 1.82) is 0 Å². The summed E-state index contributed by atoms with van der Waals surface area (Å²) in [6, 6.07) is 15.2. The molecule has 2 aromatic carbocycles. The maximum absolute atomic E-state index is 14.0. The molecular weight excluding hydrogens is 566 g/mol. The van der Waals surface area contributed by atoms with E-state index >= 15 is 0 Å². The minimum Gasteiger partial charge on any atom is -0.482 e. The van der Waals surface area contributed by atoms with Gasteiger partial charge in [-0.2, -0.15) is 0 Å². The number of carbonyl (C=O) groups excluding carboxylic acids is 1. The molecule has 0 aliphatic carbocycles. The first-order chi connectivity index (χ1) is 19.8. The molecule has 5 aromatic rings. The Morgan fingerprint density at radius 3 is 2.54 bits per heavy atom. The number of halogens is 3. The maximum Gasteiger partial charge on any atom is 0.251 e. The third-order valence-electron chi connectivity index (χ3n) is 6.42. The van der Waals surface area contributed by atoms with Gasteiger partial charge in [0.1, 0.15) is 17.7 Å². The van der Waals surface area contributed by atoms with Gasteiger partial charge in [0, 0.05) is 58.8 Å². The van der Waals surface area contributed by atoms with Crippen LogP contribution in [0.15, 0.2) is 79.4 Å². The number of anilines is 1. The predicted octanol–water partition coefficient (Wildman–Crippen LogP) is 6.67. The van der Waals surface area contributed by atoms with E-state index in [1.165, 1.54) is 12.1 Å². The standard InChI is InChI=1S/C30H25Cl2FN6O2/c1-17(27-22(31)6-7-23(33)28(27)32)41-25-14-21(15-38-29(25)34)18-2-4-20(5-3-18)30(40)36-13-10-26-37-16-24(39-26)19-8-11-35-12-9-19/h2-9,11-12,14-17H,10,13H2,1H3,(H2,34,38)(H,36,40)(H,37,39). The minimum atomic E-state index is -0.695. The highest BCUT2D eigenvalue weighted by Crippen LogP contribution is 2.37. The average Bonchev–Trinajstić information content (AvgIpc) is 3.46. The Morgan fingerprint density at radius 1 is 1.02 bits per heavy atom. The van der Waals surface area contributed by atoms with Gasteiger partial charge in [0.15, 0.2) is 11.6 Å². The molecule has 0 fully saturated rings. The molecule has 0 spiro atoms. The third-order valence-corrected chi connectivity index (χ3v) is 7.13. The molecular formula is C30H25Cl2FN6O2. The van der Waals surface area contributed by atoms with Gasteiger partial charge in [0.05, 0.1) is 16.9 Å². The first kappa shape index (κ1) is 28.1. The molecule has 0 saturated carbocycles. The fourth-order valence-electron chi connectivity index (χ4n) is 4.25. The number of aromatic amines is 1. The molecule has 3 heterocycles. The number of pyridine rings is 2. The van der Waals surface area contributed by atoms with E-state index in [1.54, 1.807) is 49.9 Å². The number of nitrogens with two attached hydrogens (primary N) is 1. The highest BCUT2D eigenvalue weighted by Gasteiger charge is 2.20. The van der Waals surface area contributed by atoms with Crippen molar-refractivity contribution in [3.8, 4) is 28.1 Å². The zero-order valence-electron chi connectivity index (χ0n) is 21.9. The summed E-state index contributed by atoms with van der Waals surface area (Å²) >= 11 is 12.4. The molecule has 1 unspecified atom stereocenters. The Kier molecular flexibility index (Phi) is 8.47. The number of ether oxygens (including phenoxy) is 1. The Balaban J connectivity index is 1.21. The normalized spacial score (nSPS) is 11.7. The smallest absolute Gasteiger partial charge is 0.251 e. The monoisotopic (exact) mass is 590 g/mol. The zero-order valence-corrected chi connectivity index (χ0v) is 23.4. The van der Waals surface area contributed by atoms with Crippen LogP contribution >= 0.6 is 23.2 Å². The number of benzene rings is 2. The van der Waals surface area contributed by atoms with E-state index in [0.29, 0.717) is 35.4 Å². The average molecular weight is 591 g/mol. The lowest BCUT2D eigenvalue weighted by atomic mass is 10.0. The number of nitrogens with zero attached hydrogens (tertiary/aromatic N) is 3. The van der Waals surface area contributed by atoms with Crippen molar-refractivity contribution in [1.82, 2.24) is 25.3 Å². The number of nitrogens with one attached hydrogen (secondary N) is 2. The van der Waals surface area contributed by atoms with Gasteiger partial charge in [-0.3, -0.25) is 9.78 Å². The summed E-state index contributed by atoms with van der Waals surface area (Å²) < 4.78 is 20.0. The Morgan fingerprint density at radius 2 is 1.78 bits per heavy atom. The number of carbonyl (C=O) groups is 1. The summed E-state index contributed by atoms with van der Waals surface area (Å²) in [6.07, 6.45) is 6.67. The summed E-state index contributed by atoms with van der Waals surface area (Å²) in [4.78, 5) is 28.6. The number of hydrogen-bond acceptors (Lipinski definition) is 6. The van der Waals surface area contributed by atoms with Crippen molar-refractivity contribution in [2.45, 2.75) is 19.4 Å². The van der Waals surface area contributed by atoms with E-state index in [9.17, 15) is 9.18 Å². The summed E-state index contributed by atoms with van der Waals surface area (Å²) in [6.45, 7) is 2.11. The summed E-state index contributed by atoms with van der Waals surface area (Å²) in [5, 5.41) is 3.08. The second-order valence-electron chi connectivity index (χ2n) is 9.19. The van der Waals surface area contributed by atoms with E-state index in [2.05, 4.69) is 25.3 Å². The van der Waals surface area contributed by atoms with Crippen molar-refractivity contribution in [3.63, 3.8) is 0 Å². The van der Waals surface area contributed by atoms with E-state index in [1.807, 2.05) is 24.3 Å². The van der Waals surface area contributed by atoms with Crippen LogP contribution in [0.25, 0.3) is 22.4 Å². The fraction of sp³-hybridized carbons (Fsp3) is 0.133. The van der Waals surface area contributed by atoms with Crippen LogP contribution in [-0.2, 0) is 6.42 Å². The van der Waals surface area contributed by atoms with Crippen LogP contribution in [0.1, 0.15) is 34.8 Å².